The lowest BCUT2D eigenvalue weighted by Gasteiger charge is -2.20. The molecule has 53 heavy (non-hydrogen) atoms. The molecular formula is C51H34N2. The minimum atomic E-state index is 0.957. The minimum Gasteiger partial charge on any atom is -0.324 e. The van der Waals surface area contributed by atoms with Crippen molar-refractivity contribution in [1.82, 2.24) is 9.55 Å². The Morgan fingerprint density at radius 3 is 1.62 bits per heavy atom. The maximum atomic E-state index is 5.00. The van der Waals surface area contributed by atoms with E-state index in [4.69, 9.17) is 4.98 Å². The molecule has 0 unspecified atom stereocenters. The van der Waals surface area contributed by atoms with Crippen LogP contribution in [0.25, 0.3) is 99.2 Å². The Balaban J connectivity index is 1.01. The van der Waals surface area contributed by atoms with E-state index < -0.39 is 0 Å². The summed E-state index contributed by atoms with van der Waals surface area (Å²) in [6.07, 6.45) is 1.01. The first-order valence-electron chi connectivity index (χ1n) is 18.5. The van der Waals surface area contributed by atoms with Crippen molar-refractivity contribution < 1.29 is 0 Å². The molecule has 11 rings (SSSR count). The van der Waals surface area contributed by atoms with Crippen LogP contribution in [0.4, 0.5) is 0 Å². The van der Waals surface area contributed by atoms with Crippen molar-refractivity contribution in [2.45, 2.75) is 13.0 Å². The zero-order valence-corrected chi connectivity index (χ0v) is 29.1. The van der Waals surface area contributed by atoms with Gasteiger partial charge >= 0.3 is 0 Å². The van der Waals surface area contributed by atoms with Crippen molar-refractivity contribution in [1.29, 1.82) is 0 Å². The van der Waals surface area contributed by atoms with E-state index >= 15 is 0 Å². The van der Waals surface area contributed by atoms with Crippen molar-refractivity contribution in [2.24, 2.45) is 0 Å². The molecule has 248 valence electrons. The smallest absolute Gasteiger partial charge is 0.141 e. The van der Waals surface area contributed by atoms with Crippen molar-refractivity contribution in [2.75, 3.05) is 0 Å². The number of fused-ring (bicyclic) bond motifs is 8. The highest BCUT2D eigenvalue weighted by molar-refractivity contribution is 6.22. The average Bonchev–Trinajstić information content (AvgIpc) is 3.62. The molecule has 0 saturated heterocycles. The summed E-state index contributed by atoms with van der Waals surface area (Å²) >= 11 is 0. The lowest BCUT2D eigenvalue weighted by molar-refractivity contribution is 0.703. The first kappa shape index (κ1) is 29.9. The van der Waals surface area contributed by atoms with Gasteiger partial charge in [-0.25, -0.2) is 4.98 Å². The van der Waals surface area contributed by atoms with Crippen molar-refractivity contribution in [3.05, 3.63) is 188 Å². The van der Waals surface area contributed by atoms with Gasteiger partial charge in [-0.2, -0.15) is 0 Å². The number of imidazole rings is 1. The van der Waals surface area contributed by atoms with Crippen LogP contribution in [-0.4, -0.2) is 9.55 Å². The van der Waals surface area contributed by atoms with Gasteiger partial charge in [0.05, 0.1) is 11.0 Å². The van der Waals surface area contributed by atoms with Gasteiger partial charge in [0.25, 0.3) is 0 Å². The third-order valence-corrected chi connectivity index (χ3v) is 11.3. The molecule has 0 spiro atoms. The maximum Gasteiger partial charge on any atom is 0.141 e. The Bertz CT molecular complexity index is 3040. The molecule has 0 atom stereocenters. The standard InChI is InChI=1S/C51H34N2/c1-3-11-33(12-4-1)49-43-15-7-8-16-44(43)50(34-13-5-2-6-14-34)46-32-40(24-26-45(46)49)38-22-21-35-29-37(20-19-36(35)30-38)39-23-25-42-41(31-39)27-28-53-48-18-10-9-17-47(48)52-51(42)53/h1-26,29-32H,27-28H2. The van der Waals surface area contributed by atoms with E-state index in [2.05, 4.69) is 187 Å². The fraction of sp³-hybridized carbons (Fsp3) is 0.0392. The van der Waals surface area contributed by atoms with Crippen LogP contribution in [-0.2, 0) is 13.0 Å². The fourth-order valence-corrected chi connectivity index (χ4v) is 8.73. The first-order chi connectivity index (χ1) is 26.3. The van der Waals surface area contributed by atoms with Gasteiger partial charge in [-0.3, -0.25) is 0 Å². The summed E-state index contributed by atoms with van der Waals surface area (Å²) in [5, 5.41) is 7.57. The minimum absolute atomic E-state index is 0.957. The van der Waals surface area contributed by atoms with Crippen molar-refractivity contribution in [3.8, 4) is 55.9 Å². The zero-order valence-electron chi connectivity index (χ0n) is 29.1. The number of hydrogen-bond acceptors (Lipinski definition) is 1. The summed E-state index contributed by atoms with van der Waals surface area (Å²) in [6.45, 7) is 0.957. The predicted molar refractivity (Wildman–Crippen MR) is 223 cm³/mol. The Morgan fingerprint density at radius 2 is 0.925 bits per heavy atom. The SMILES string of the molecule is c1ccc(-c2c3ccccc3c(-c3ccccc3)c3cc(-c4ccc5cc(-c6ccc7c(c6)CCn6c-7nc7ccccc76)ccc5c4)ccc23)cc1. The Kier molecular flexibility index (Phi) is 6.72. The summed E-state index contributed by atoms with van der Waals surface area (Å²) in [4.78, 5) is 5.00. The molecule has 0 saturated carbocycles. The Labute approximate surface area is 308 Å². The van der Waals surface area contributed by atoms with E-state index in [1.54, 1.807) is 0 Å². The lowest BCUT2D eigenvalue weighted by atomic mass is 9.85. The van der Waals surface area contributed by atoms with E-state index in [1.807, 2.05) is 0 Å². The van der Waals surface area contributed by atoms with Crippen molar-refractivity contribution in [3.63, 3.8) is 0 Å². The molecular weight excluding hydrogens is 641 g/mol. The maximum absolute atomic E-state index is 5.00. The van der Waals surface area contributed by atoms with Gasteiger partial charge in [-0.1, -0.05) is 152 Å². The van der Waals surface area contributed by atoms with Crippen LogP contribution in [0.5, 0.6) is 0 Å². The average molecular weight is 675 g/mol. The first-order valence-corrected chi connectivity index (χ1v) is 18.5. The molecule has 1 aromatic heterocycles. The Morgan fingerprint density at radius 1 is 0.396 bits per heavy atom. The normalized spacial score (nSPS) is 12.4. The Hall–Kier alpha value is -6.77. The summed E-state index contributed by atoms with van der Waals surface area (Å²) in [6, 6.07) is 66.8. The van der Waals surface area contributed by atoms with Gasteiger partial charge in [0.15, 0.2) is 0 Å². The molecule has 0 amide bonds. The third-order valence-electron chi connectivity index (χ3n) is 11.3. The zero-order chi connectivity index (χ0) is 34.9. The van der Waals surface area contributed by atoms with Crippen LogP contribution in [0.2, 0.25) is 0 Å². The highest BCUT2D eigenvalue weighted by atomic mass is 15.1. The second kappa shape index (κ2) is 11.9. The molecule has 10 aromatic rings. The van der Waals surface area contributed by atoms with E-state index in [9.17, 15) is 0 Å². The van der Waals surface area contributed by atoms with E-state index in [1.165, 1.54) is 93.5 Å². The molecule has 2 heteroatoms. The topological polar surface area (TPSA) is 17.8 Å². The van der Waals surface area contributed by atoms with Gasteiger partial charge in [0, 0.05) is 12.1 Å². The number of rotatable bonds is 4. The van der Waals surface area contributed by atoms with E-state index in [0.717, 1.165) is 24.3 Å². The largest absolute Gasteiger partial charge is 0.324 e. The number of aryl methyl sites for hydroxylation is 2. The third kappa shape index (κ3) is 4.83. The highest BCUT2D eigenvalue weighted by Crippen LogP contribution is 2.45. The number of benzene rings is 9. The molecule has 0 radical (unpaired) electrons. The number of para-hydroxylation sites is 2. The monoisotopic (exact) mass is 674 g/mol. The molecule has 1 aliphatic heterocycles. The van der Waals surface area contributed by atoms with Gasteiger partial charge < -0.3 is 4.57 Å². The van der Waals surface area contributed by atoms with Gasteiger partial charge in [0.1, 0.15) is 5.82 Å². The second-order valence-corrected chi connectivity index (χ2v) is 14.3. The van der Waals surface area contributed by atoms with Crippen LogP contribution in [0.3, 0.4) is 0 Å². The van der Waals surface area contributed by atoms with Crippen LogP contribution in [0.1, 0.15) is 5.56 Å². The van der Waals surface area contributed by atoms with E-state index in [0.29, 0.717) is 0 Å². The summed E-state index contributed by atoms with van der Waals surface area (Å²) in [7, 11) is 0. The molecule has 2 nitrogen and oxygen atoms in total. The van der Waals surface area contributed by atoms with E-state index in [-0.39, 0.29) is 0 Å². The molecule has 9 aromatic carbocycles. The summed E-state index contributed by atoms with van der Waals surface area (Å²) in [5.41, 5.74) is 14.9. The molecule has 2 heterocycles. The molecule has 0 fully saturated rings. The fourth-order valence-electron chi connectivity index (χ4n) is 8.73. The number of hydrogen-bond donors (Lipinski definition) is 0. The number of nitrogens with zero attached hydrogens (tertiary/aromatic N) is 2. The molecule has 0 aliphatic carbocycles. The number of aromatic nitrogens is 2. The molecule has 1 aliphatic rings. The molecule has 0 N–H and O–H groups in total. The highest BCUT2D eigenvalue weighted by Gasteiger charge is 2.21. The van der Waals surface area contributed by atoms with Gasteiger partial charge in [-0.05, 0) is 119 Å². The second-order valence-electron chi connectivity index (χ2n) is 14.3. The van der Waals surface area contributed by atoms with Crippen LogP contribution in [0, 0.1) is 0 Å². The van der Waals surface area contributed by atoms with Gasteiger partial charge in [0.2, 0.25) is 0 Å². The van der Waals surface area contributed by atoms with Gasteiger partial charge in [-0.15, -0.1) is 0 Å². The van der Waals surface area contributed by atoms with Crippen LogP contribution < -0.4 is 0 Å². The predicted octanol–water partition coefficient (Wildman–Crippen LogP) is 13.4. The molecule has 0 bridgehead atoms. The summed E-state index contributed by atoms with van der Waals surface area (Å²) < 4.78 is 2.37. The quantitative estimate of drug-likeness (QED) is 0.170. The van der Waals surface area contributed by atoms with Crippen molar-refractivity contribution >= 4 is 43.4 Å². The summed E-state index contributed by atoms with van der Waals surface area (Å²) in [5.74, 6) is 1.08. The van der Waals surface area contributed by atoms with Crippen LogP contribution in [0.15, 0.2) is 182 Å². The van der Waals surface area contributed by atoms with Crippen LogP contribution >= 0.6 is 0 Å². The lowest BCUT2D eigenvalue weighted by Crippen LogP contribution is -2.11.